The van der Waals surface area contributed by atoms with Crippen LogP contribution in [0.25, 0.3) is 0 Å². The van der Waals surface area contributed by atoms with Crippen molar-refractivity contribution < 1.29 is 32.0 Å². The maximum Gasteiger partial charge on any atom is 0.508 e. The molecule has 0 aromatic heterocycles. The van der Waals surface area contributed by atoms with E-state index >= 15 is 0 Å². The van der Waals surface area contributed by atoms with Gasteiger partial charge in [0.1, 0.15) is 0 Å². The average molecular weight is 161 g/mol. The first kappa shape index (κ1) is 8.85. The number of hydrogen-bond donors (Lipinski definition) is 0. The number of halogens is 3. The van der Waals surface area contributed by atoms with E-state index in [0.717, 1.165) is 0 Å². The van der Waals surface area contributed by atoms with E-state index < -0.39 is 15.4 Å². The molecule has 8 heteroatoms. The SMILES string of the molecule is [O-][Si]([O-])([O-])OC(F)(F)F. The van der Waals surface area contributed by atoms with E-state index in [4.69, 9.17) is 0 Å². The smallest absolute Gasteiger partial charge is 0.508 e. The van der Waals surface area contributed by atoms with E-state index in [2.05, 4.69) is 4.43 Å². The Morgan fingerprint density at radius 2 is 1.44 bits per heavy atom. The normalized spacial score (nSPS) is 14.0. The lowest BCUT2D eigenvalue weighted by atomic mass is 11.4. The standard InChI is InChI=1S/CF3O4Si/c2-1(3,4)8-9(5,6)7/q-3. The van der Waals surface area contributed by atoms with Crippen molar-refractivity contribution in [3.8, 4) is 0 Å². The second kappa shape index (κ2) is 2.23. The van der Waals surface area contributed by atoms with Gasteiger partial charge in [-0.1, -0.05) is 0 Å². The molecule has 0 amide bonds. The molecule has 4 nitrogen and oxygen atoms in total. The van der Waals surface area contributed by atoms with Crippen LogP contribution in [0.3, 0.4) is 0 Å². The van der Waals surface area contributed by atoms with Gasteiger partial charge in [0.05, 0.1) is 0 Å². The Balaban J connectivity index is 3.75. The summed E-state index contributed by atoms with van der Waals surface area (Å²) in [5.41, 5.74) is 0. The summed E-state index contributed by atoms with van der Waals surface area (Å²) in [5, 5.41) is 0. The van der Waals surface area contributed by atoms with Gasteiger partial charge in [-0.2, -0.15) is 0 Å². The lowest BCUT2D eigenvalue weighted by molar-refractivity contribution is -0.562. The van der Waals surface area contributed by atoms with E-state index in [1.807, 2.05) is 0 Å². The molecule has 0 saturated carbocycles. The lowest BCUT2D eigenvalue weighted by Crippen LogP contribution is -2.76. The second-order valence-electron chi connectivity index (χ2n) is 1.05. The number of alkyl halides is 3. The maximum absolute atomic E-state index is 10.8. The molecule has 9 heavy (non-hydrogen) atoms. The molecule has 0 fully saturated rings. The van der Waals surface area contributed by atoms with Crippen LogP contribution in [-0.2, 0) is 4.43 Å². The molecule has 56 valence electrons. The Morgan fingerprint density at radius 1 is 1.11 bits per heavy atom. The number of hydrogen-bond acceptors (Lipinski definition) is 4. The first-order valence-electron chi connectivity index (χ1n) is 1.59. The third-order valence-corrected chi connectivity index (χ3v) is 0.722. The molecule has 0 bridgehead atoms. The van der Waals surface area contributed by atoms with Crippen LogP contribution in [0.1, 0.15) is 0 Å². The lowest BCUT2D eigenvalue weighted by Gasteiger charge is -2.53. The van der Waals surface area contributed by atoms with Gasteiger partial charge in [0.25, 0.3) is 0 Å². The molecule has 0 heterocycles. The topological polar surface area (TPSA) is 78.4 Å². The van der Waals surface area contributed by atoms with Crippen molar-refractivity contribution in [2.45, 2.75) is 6.36 Å². The molecule has 0 aromatic carbocycles. The Hall–Kier alpha value is -0.153. The highest BCUT2D eigenvalue weighted by Crippen LogP contribution is 2.15. The van der Waals surface area contributed by atoms with Gasteiger partial charge in [0, 0.05) is 0 Å². The zero-order valence-electron chi connectivity index (χ0n) is 3.77. The van der Waals surface area contributed by atoms with E-state index in [9.17, 15) is 27.6 Å². The zero-order valence-corrected chi connectivity index (χ0v) is 4.77. The highest BCUT2D eigenvalue weighted by Gasteiger charge is 2.27. The van der Waals surface area contributed by atoms with Crippen LogP contribution >= 0.6 is 0 Å². The molecule has 0 aliphatic carbocycles. The van der Waals surface area contributed by atoms with Crippen LogP contribution in [-0.4, -0.2) is 15.4 Å². The molecule has 0 saturated heterocycles. The van der Waals surface area contributed by atoms with Gasteiger partial charge in [0.15, 0.2) is 0 Å². The van der Waals surface area contributed by atoms with Crippen molar-refractivity contribution in [2.24, 2.45) is 0 Å². The summed E-state index contributed by atoms with van der Waals surface area (Å²) in [4.78, 5) is 27.6. The molecule has 0 aliphatic rings. The minimum atomic E-state index is -6.17. The molecule has 0 atom stereocenters. The summed E-state index contributed by atoms with van der Waals surface area (Å²) >= 11 is 0. The molecular weight excluding hydrogens is 161 g/mol. The number of rotatable bonds is 1. The van der Waals surface area contributed by atoms with Gasteiger partial charge in [0.2, 0.25) is 0 Å². The quantitative estimate of drug-likeness (QED) is 0.385. The van der Waals surface area contributed by atoms with Gasteiger partial charge in [-0.15, -0.1) is 22.2 Å². The third kappa shape index (κ3) is 7.85. The highest BCUT2D eigenvalue weighted by atomic mass is 28.4. The largest absolute Gasteiger partial charge is 0.861 e. The average Bonchev–Trinajstić information content (AvgIpc) is 1.14. The van der Waals surface area contributed by atoms with Gasteiger partial charge in [-0.3, -0.25) is 0 Å². The monoisotopic (exact) mass is 161 g/mol. The third-order valence-electron chi connectivity index (χ3n) is 0.241. The summed E-state index contributed by atoms with van der Waals surface area (Å²) in [6, 6.07) is 0. The van der Waals surface area contributed by atoms with Crippen LogP contribution in [0.4, 0.5) is 13.2 Å². The van der Waals surface area contributed by atoms with Gasteiger partial charge in [-0.25, -0.2) is 0 Å². The summed E-state index contributed by atoms with van der Waals surface area (Å²) in [6.45, 7) is 0. The first-order chi connectivity index (χ1) is 3.71. The van der Waals surface area contributed by atoms with Crippen molar-refractivity contribution in [3.63, 3.8) is 0 Å². The Bertz CT molecular complexity index is 81.0. The molecule has 0 spiro atoms. The van der Waals surface area contributed by atoms with Gasteiger partial charge in [-0.05, 0) is 0 Å². The summed E-state index contributed by atoms with van der Waals surface area (Å²) in [5.74, 6) is 0. The minimum absolute atomic E-state index is 2.10. The van der Waals surface area contributed by atoms with Crippen molar-refractivity contribution in [1.29, 1.82) is 0 Å². The van der Waals surface area contributed by atoms with E-state index in [1.165, 1.54) is 0 Å². The molecule has 0 N–H and O–H groups in total. The highest BCUT2D eigenvalue weighted by molar-refractivity contribution is 6.42. The Kier molecular flexibility index (Phi) is 2.19. The fraction of sp³-hybridized carbons (Fsp3) is 1.00. The van der Waals surface area contributed by atoms with Crippen LogP contribution in [0.15, 0.2) is 0 Å². The van der Waals surface area contributed by atoms with Crippen LogP contribution in [0.5, 0.6) is 0 Å². The molecule has 0 aliphatic heterocycles. The molecule has 0 aromatic rings. The first-order valence-corrected chi connectivity index (χ1v) is 3.22. The van der Waals surface area contributed by atoms with Crippen molar-refractivity contribution >= 4 is 9.05 Å². The zero-order chi connectivity index (χ0) is 7.71. The van der Waals surface area contributed by atoms with Crippen LogP contribution in [0, 0.1) is 0 Å². The van der Waals surface area contributed by atoms with Crippen LogP contribution < -0.4 is 14.4 Å². The summed E-state index contributed by atoms with van der Waals surface area (Å²) < 4.78 is 34.4. The fourth-order valence-corrected chi connectivity index (χ4v) is 0.425. The van der Waals surface area contributed by atoms with E-state index in [0.29, 0.717) is 0 Å². The molecule has 0 rings (SSSR count). The molecule has 0 radical (unpaired) electrons. The van der Waals surface area contributed by atoms with E-state index in [1.54, 1.807) is 0 Å². The fourth-order valence-electron chi connectivity index (χ4n) is 0.142. The minimum Gasteiger partial charge on any atom is -0.861 e. The Labute approximate surface area is 48.6 Å². The van der Waals surface area contributed by atoms with Crippen LogP contribution in [0.2, 0.25) is 0 Å². The molecular formula is CF3O4Si-3. The Morgan fingerprint density at radius 3 is 1.44 bits per heavy atom. The summed E-state index contributed by atoms with van der Waals surface area (Å²) in [7, 11) is -6.17. The predicted molar refractivity (Wildman–Crippen MR) is 12.9 cm³/mol. The van der Waals surface area contributed by atoms with Gasteiger partial charge >= 0.3 is 6.36 Å². The second-order valence-corrected chi connectivity index (χ2v) is 2.25. The molecule has 0 unspecified atom stereocenters. The van der Waals surface area contributed by atoms with E-state index in [-0.39, 0.29) is 0 Å². The summed E-state index contributed by atoms with van der Waals surface area (Å²) in [6.07, 6.45) is -5.39. The van der Waals surface area contributed by atoms with Gasteiger partial charge < -0.3 is 18.8 Å². The predicted octanol–water partition coefficient (Wildman–Crippen LogP) is -2.96. The van der Waals surface area contributed by atoms with Crippen molar-refractivity contribution in [2.75, 3.05) is 0 Å². The maximum atomic E-state index is 10.8. The van der Waals surface area contributed by atoms with Crippen molar-refractivity contribution in [3.05, 3.63) is 0 Å². The van der Waals surface area contributed by atoms with Crippen molar-refractivity contribution in [1.82, 2.24) is 0 Å².